The fourth-order valence-electron chi connectivity index (χ4n) is 1.04. The summed E-state index contributed by atoms with van der Waals surface area (Å²) in [4.78, 5) is 13.8. The van der Waals surface area contributed by atoms with Gasteiger partial charge < -0.3 is 9.94 Å². The fraction of sp³-hybridized carbons (Fsp3) is 1.00. The lowest BCUT2D eigenvalue weighted by Crippen LogP contribution is -2.17. The number of unbranched alkanes of at least 4 members (excludes halogenated alkanes) is 3. The number of rotatable bonds is 8. The molecule has 0 bridgehead atoms. The summed E-state index contributed by atoms with van der Waals surface area (Å²) in [5.74, 6) is 0. The van der Waals surface area contributed by atoms with Crippen LogP contribution in [0.1, 0.15) is 39.0 Å². The van der Waals surface area contributed by atoms with Crippen LogP contribution in [-0.2, 0) is 4.84 Å². The van der Waals surface area contributed by atoms with Crippen molar-refractivity contribution in [2.45, 2.75) is 45.1 Å². The van der Waals surface area contributed by atoms with E-state index in [0.717, 1.165) is 25.7 Å². The van der Waals surface area contributed by atoms with Gasteiger partial charge in [0.2, 0.25) is 0 Å². The van der Waals surface area contributed by atoms with Crippen molar-refractivity contribution >= 4 is 0 Å². The molecule has 78 valence electrons. The standard InChI is InChI=1S/C8H17NO4/c1-2-3-4-5-6-8(10)7-13-9(11)12/h8,10H,2-7H2,1H3. The first-order valence-corrected chi connectivity index (χ1v) is 4.62. The quantitative estimate of drug-likeness (QED) is 0.358. The molecule has 5 nitrogen and oxygen atoms in total. The molecular weight excluding hydrogens is 174 g/mol. The van der Waals surface area contributed by atoms with E-state index in [1.54, 1.807) is 0 Å². The molecule has 0 aromatic rings. The molecule has 0 aromatic carbocycles. The van der Waals surface area contributed by atoms with Crippen LogP contribution in [0.15, 0.2) is 0 Å². The summed E-state index contributed by atoms with van der Waals surface area (Å²) in [6.07, 6.45) is 4.11. The molecule has 13 heavy (non-hydrogen) atoms. The molecule has 0 saturated heterocycles. The van der Waals surface area contributed by atoms with Crippen molar-refractivity contribution < 1.29 is 15.0 Å². The van der Waals surface area contributed by atoms with Gasteiger partial charge in [0.25, 0.3) is 5.09 Å². The lowest BCUT2D eigenvalue weighted by molar-refractivity contribution is -0.759. The van der Waals surface area contributed by atoms with Gasteiger partial charge in [0.05, 0.1) is 6.10 Å². The lowest BCUT2D eigenvalue weighted by atomic mass is 10.1. The lowest BCUT2D eigenvalue weighted by Gasteiger charge is -2.07. The Kier molecular flexibility index (Phi) is 7.29. The Morgan fingerprint density at radius 2 is 2.15 bits per heavy atom. The van der Waals surface area contributed by atoms with Crippen molar-refractivity contribution in [2.24, 2.45) is 0 Å². The molecule has 0 amide bonds. The van der Waals surface area contributed by atoms with Crippen molar-refractivity contribution in [2.75, 3.05) is 6.61 Å². The average Bonchev–Trinajstić information content (AvgIpc) is 2.09. The maximum Gasteiger partial charge on any atom is 0.294 e. The van der Waals surface area contributed by atoms with E-state index in [0.29, 0.717) is 6.42 Å². The summed E-state index contributed by atoms with van der Waals surface area (Å²) in [6.45, 7) is 1.89. The molecule has 0 spiro atoms. The third-order valence-corrected chi connectivity index (χ3v) is 1.76. The summed E-state index contributed by atoms with van der Waals surface area (Å²) in [7, 11) is 0. The van der Waals surface area contributed by atoms with Crippen LogP contribution in [-0.4, -0.2) is 22.9 Å². The molecule has 5 heteroatoms. The van der Waals surface area contributed by atoms with E-state index in [1.807, 2.05) is 0 Å². The van der Waals surface area contributed by atoms with Crippen LogP contribution in [0, 0.1) is 10.1 Å². The first-order chi connectivity index (χ1) is 6.16. The summed E-state index contributed by atoms with van der Waals surface area (Å²) in [6, 6.07) is 0. The van der Waals surface area contributed by atoms with Gasteiger partial charge in [0.1, 0.15) is 6.61 Å². The summed E-state index contributed by atoms with van der Waals surface area (Å²) in [5.41, 5.74) is 0. The van der Waals surface area contributed by atoms with Crippen molar-refractivity contribution in [3.63, 3.8) is 0 Å². The van der Waals surface area contributed by atoms with Crippen LogP contribution in [0.5, 0.6) is 0 Å². The molecular formula is C8H17NO4. The molecule has 0 radical (unpaired) electrons. The highest BCUT2D eigenvalue weighted by Crippen LogP contribution is 2.05. The van der Waals surface area contributed by atoms with Crippen LogP contribution < -0.4 is 0 Å². The van der Waals surface area contributed by atoms with Gasteiger partial charge in [0.15, 0.2) is 0 Å². The Morgan fingerprint density at radius 1 is 1.46 bits per heavy atom. The third-order valence-electron chi connectivity index (χ3n) is 1.76. The first kappa shape index (κ1) is 12.2. The maximum absolute atomic E-state index is 9.75. The minimum atomic E-state index is -0.880. The maximum atomic E-state index is 9.75. The number of aliphatic hydroxyl groups excluding tert-OH is 1. The van der Waals surface area contributed by atoms with Gasteiger partial charge >= 0.3 is 0 Å². The normalized spacial score (nSPS) is 12.5. The molecule has 0 aliphatic rings. The van der Waals surface area contributed by atoms with Crippen LogP contribution in [0.25, 0.3) is 0 Å². The van der Waals surface area contributed by atoms with Gasteiger partial charge in [-0.05, 0) is 6.42 Å². The van der Waals surface area contributed by atoms with Gasteiger partial charge in [-0.3, -0.25) is 0 Å². The van der Waals surface area contributed by atoms with Crippen molar-refractivity contribution in [1.29, 1.82) is 0 Å². The second-order valence-electron chi connectivity index (χ2n) is 3.02. The Hall–Kier alpha value is -0.840. The van der Waals surface area contributed by atoms with Gasteiger partial charge in [0, 0.05) is 0 Å². The zero-order valence-electron chi connectivity index (χ0n) is 7.94. The third kappa shape index (κ3) is 9.07. The zero-order valence-corrected chi connectivity index (χ0v) is 7.94. The van der Waals surface area contributed by atoms with E-state index in [-0.39, 0.29) is 6.61 Å². The topological polar surface area (TPSA) is 72.6 Å². The molecule has 0 heterocycles. The number of nitrogens with zero attached hydrogens (tertiary/aromatic N) is 1. The predicted octanol–water partition coefficient (Wildman–Crippen LogP) is 1.53. The highest BCUT2D eigenvalue weighted by atomic mass is 17.0. The molecule has 1 unspecified atom stereocenters. The van der Waals surface area contributed by atoms with Crippen LogP contribution in [0.4, 0.5) is 0 Å². The molecule has 1 N–H and O–H groups in total. The monoisotopic (exact) mass is 191 g/mol. The Bertz CT molecular complexity index is 140. The Balaban J connectivity index is 3.19. The fourth-order valence-corrected chi connectivity index (χ4v) is 1.04. The molecule has 0 saturated carbocycles. The van der Waals surface area contributed by atoms with Gasteiger partial charge in [-0.15, -0.1) is 10.1 Å². The number of hydrogen-bond donors (Lipinski definition) is 1. The van der Waals surface area contributed by atoms with Crippen molar-refractivity contribution in [3.05, 3.63) is 10.1 Å². The molecule has 0 aliphatic heterocycles. The Morgan fingerprint density at radius 3 is 2.69 bits per heavy atom. The highest BCUT2D eigenvalue weighted by Gasteiger charge is 2.05. The smallest absolute Gasteiger partial charge is 0.294 e. The van der Waals surface area contributed by atoms with Crippen molar-refractivity contribution in [1.82, 2.24) is 0 Å². The van der Waals surface area contributed by atoms with Crippen LogP contribution in [0.3, 0.4) is 0 Å². The number of aliphatic hydroxyl groups is 1. The summed E-state index contributed by atoms with van der Waals surface area (Å²) >= 11 is 0. The predicted molar refractivity (Wildman–Crippen MR) is 47.7 cm³/mol. The molecule has 1 atom stereocenters. The van der Waals surface area contributed by atoms with Gasteiger partial charge in [-0.2, -0.15) is 0 Å². The van der Waals surface area contributed by atoms with E-state index >= 15 is 0 Å². The second-order valence-corrected chi connectivity index (χ2v) is 3.02. The molecule has 0 rings (SSSR count). The number of hydrogen-bond acceptors (Lipinski definition) is 4. The van der Waals surface area contributed by atoms with E-state index in [1.165, 1.54) is 0 Å². The highest BCUT2D eigenvalue weighted by molar-refractivity contribution is 4.53. The minimum Gasteiger partial charge on any atom is -0.391 e. The van der Waals surface area contributed by atoms with Crippen LogP contribution in [0.2, 0.25) is 0 Å². The van der Waals surface area contributed by atoms with E-state index in [9.17, 15) is 10.1 Å². The zero-order chi connectivity index (χ0) is 10.1. The van der Waals surface area contributed by atoms with Gasteiger partial charge in [-0.25, -0.2) is 0 Å². The largest absolute Gasteiger partial charge is 0.391 e. The minimum absolute atomic E-state index is 0.209. The molecule has 0 aliphatic carbocycles. The average molecular weight is 191 g/mol. The first-order valence-electron chi connectivity index (χ1n) is 4.62. The van der Waals surface area contributed by atoms with Crippen molar-refractivity contribution in [3.8, 4) is 0 Å². The van der Waals surface area contributed by atoms with Gasteiger partial charge in [-0.1, -0.05) is 32.6 Å². The second kappa shape index (κ2) is 7.79. The Labute approximate surface area is 77.8 Å². The molecule has 0 aromatic heterocycles. The molecule has 0 fully saturated rings. The van der Waals surface area contributed by atoms with E-state index in [4.69, 9.17) is 5.11 Å². The van der Waals surface area contributed by atoms with Crippen LogP contribution >= 0.6 is 0 Å². The summed E-state index contributed by atoms with van der Waals surface area (Å²) < 4.78 is 0. The SMILES string of the molecule is CCCCCCC(O)CO[N+](=O)[O-]. The van der Waals surface area contributed by atoms with E-state index in [2.05, 4.69) is 11.8 Å². The summed E-state index contributed by atoms with van der Waals surface area (Å²) in [5, 5.41) is 18.0. The van der Waals surface area contributed by atoms with E-state index < -0.39 is 11.2 Å².